The molecule has 1 aromatic carbocycles. The third-order valence-corrected chi connectivity index (χ3v) is 3.19. The minimum Gasteiger partial charge on any atom is -0.330 e. The molecule has 0 aliphatic carbocycles. The van der Waals surface area contributed by atoms with E-state index in [1.165, 1.54) is 0 Å². The number of hydrogen-bond donors (Lipinski definition) is 1. The minimum absolute atomic E-state index is 0.161. The molecule has 0 saturated heterocycles. The van der Waals surface area contributed by atoms with Crippen molar-refractivity contribution >= 4 is 5.78 Å². The van der Waals surface area contributed by atoms with Crippen LogP contribution in [-0.4, -0.2) is 12.3 Å². The molecule has 0 unspecified atom stereocenters. The van der Waals surface area contributed by atoms with Crippen LogP contribution in [0.15, 0.2) is 24.3 Å². The van der Waals surface area contributed by atoms with E-state index in [1.54, 1.807) is 0 Å². The molecular formula is C15H23NO. The Kier molecular flexibility index (Phi) is 4.88. The Balaban J connectivity index is 2.56. The van der Waals surface area contributed by atoms with E-state index in [0.717, 1.165) is 24.0 Å². The standard InChI is InChI=1S/C15H23NO/c1-12-5-4-6-13(11-12)14(17)7-8-15(2,3)9-10-16/h4-6,11H,7-10,16H2,1-3H3. The first kappa shape index (κ1) is 13.9. The Hall–Kier alpha value is -1.15. The summed E-state index contributed by atoms with van der Waals surface area (Å²) in [6.45, 7) is 7.04. The zero-order valence-corrected chi connectivity index (χ0v) is 11.1. The van der Waals surface area contributed by atoms with Gasteiger partial charge in [-0.05, 0) is 37.8 Å². The average molecular weight is 233 g/mol. The topological polar surface area (TPSA) is 43.1 Å². The maximum absolute atomic E-state index is 12.0. The van der Waals surface area contributed by atoms with E-state index in [1.807, 2.05) is 31.2 Å². The molecule has 1 aromatic rings. The Labute approximate surface area is 104 Å². The minimum atomic E-state index is 0.161. The number of ketones is 1. The second-order valence-electron chi connectivity index (χ2n) is 5.50. The lowest BCUT2D eigenvalue weighted by Crippen LogP contribution is -2.18. The smallest absolute Gasteiger partial charge is 0.162 e. The molecule has 94 valence electrons. The molecule has 0 aromatic heterocycles. The van der Waals surface area contributed by atoms with Gasteiger partial charge in [-0.3, -0.25) is 4.79 Å². The molecule has 0 aliphatic heterocycles. The van der Waals surface area contributed by atoms with E-state index in [-0.39, 0.29) is 11.2 Å². The quantitative estimate of drug-likeness (QED) is 0.766. The van der Waals surface area contributed by atoms with E-state index in [9.17, 15) is 4.79 Å². The molecule has 2 nitrogen and oxygen atoms in total. The number of aryl methyl sites for hydroxylation is 1. The lowest BCUT2D eigenvalue weighted by atomic mass is 9.83. The summed E-state index contributed by atoms with van der Waals surface area (Å²) in [6.07, 6.45) is 2.47. The normalized spacial score (nSPS) is 11.5. The predicted molar refractivity (Wildman–Crippen MR) is 72.2 cm³/mol. The number of carbonyl (C=O) groups excluding carboxylic acids is 1. The predicted octanol–water partition coefficient (Wildman–Crippen LogP) is 3.33. The highest BCUT2D eigenvalue weighted by atomic mass is 16.1. The first-order valence-corrected chi connectivity index (χ1v) is 6.24. The van der Waals surface area contributed by atoms with Crippen molar-refractivity contribution in [3.8, 4) is 0 Å². The summed E-state index contributed by atoms with van der Waals surface area (Å²) >= 11 is 0. The molecule has 0 radical (unpaired) electrons. The van der Waals surface area contributed by atoms with Crippen molar-refractivity contribution in [3.63, 3.8) is 0 Å². The van der Waals surface area contributed by atoms with Gasteiger partial charge in [0.15, 0.2) is 5.78 Å². The molecule has 0 aliphatic rings. The highest BCUT2D eigenvalue weighted by molar-refractivity contribution is 5.96. The fourth-order valence-corrected chi connectivity index (χ4v) is 1.93. The van der Waals surface area contributed by atoms with Crippen LogP contribution in [0.1, 0.15) is 49.0 Å². The fourth-order valence-electron chi connectivity index (χ4n) is 1.93. The Morgan fingerprint density at radius 3 is 2.59 bits per heavy atom. The van der Waals surface area contributed by atoms with Crippen molar-refractivity contribution in [2.45, 2.75) is 40.0 Å². The van der Waals surface area contributed by atoms with Crippen LogP contribution in [0.25, 0.3) is 0 Å². The molecule has 0 amide bonds. The van der Waals surface area contributed by atoms with E-state index >= 15 is 0 Å². The number of carbonyl (C=O) groups is 1. The second kappa shape index (κ2) is 5.97. The van der Waals surface area contributed by atoms with Crippen molar-refractivity contribution in [1.82, 2.24) is 0 Å². The Morgan fingerprint density at radius 1 is 1.29 bits per heavy atom. The van der Waals surface area contributed by atoms with Gasteiger partial charge in [0.2, 0.25) is 0 Å². The van der Waals surface area contributed by atoms with Crippen LogP contribution in [0.3, 0.4) is 0 Å². The molecule has 0 bridgehead atoms. The van der Waals surface area contributed by atoms with Crippen LogP contribution >= 0.6 is 0 Å². The third-order valence-electron chi connectivity index (χ3n) is 3.19. The SMILES string of the molecule is Cc1cccc(C(=O)CCC(C)(C)CCN)c1. The summed E-state index contributed by atoms with van der Waals surface area (Å²) in [5, 5.41) is 0. The Morgan fingerprint density at radius 2 is 2.00 bits per heavy atom. The highest BCUT2D eigenvalue weighted by Gasteiger charge is 2.18. The van der Waals surface area contributed by atoms with Crippen molar-refractivity contribution in [2.24, 2.45) is 11.1 Å². The Bertz CT molecular complexity index is 382. The summed E-state index contributed by atoms with van der Waals surface area (Å²) in [5.41, 5.74) is 7.69. The van der Waals surface area contributed by atoms with Gasteiger partial charge in [-0.15, -0.1) is 0 Å². The molecule has 2 heteroatoms. The van der Waals surface area contributed by atoms with Gasteiger partial charge in [0, 0.05) is 12.0 Å². The van der Waals surface area contributed by atoms with Crippen molar-refractivity contribution in [3.05, 3.63) is 35.4 Å². The van der Waals surface area contributed by atoms with Gasteiger partial charge < -0.3 is 5.73 Å². The summed E-state index contributed by atoms with van der Waals surface area (Å²) in [4.78, 5) is 12.0. The zero-order chi connectivity index (χ0) is 12.9. The lowest BCUT2D eigenvalue weighted by Gasteiger charge is -2.23. The number of Topliss-reactive ketones (excluding diaryl/α,β-unsaturated/α-hetero) is 1. The summed E-state index contributed by atoms with van der Waals surface area (Å²) < 4.78 is 0. The number of hydrogen-bond acceptors (Lipinski definition) is 2. The van der Waals surface area contributed by atoms with Crippen LogP contribution in [0, 0.1) is 12.3 Å². The van der Waals surface area contributed by atoms with Crippen LogP contribution in [0.5, 0.6) is 0 Å². The first-order chi connectivity index (χ1) is 7.94. The number of rotatable bonds is 6. The largest absolute Gasteiger partial charge is 0.330 e. The van der Waals surface area contributed by atoms with Gasteiger partial charge in [-0.25, -0.2) is 0 Å². The number of benzene rings is 1. The van der Waals surface area contributed by atoms with Gasteiger partial charge in [0.1, 0.15) is 0 Å². The van der Waals surface area contributed by atoms with Gasteiger partial charge in [-0.2, -0.15) is 0 Å². The summed E-state index contributed by atoms with van der Waals surface area (Å²) in [6, 6.07) is 7.80. The van der Waals surface area contributed by atoms with E-state index in [0.29, 0.717) is 13.0 Å². The monoisotopic (exact) mass is 233 g/mol. The lowest BCUT2D eigenvalue weighted by molar-refractivity contribution is 0.0961. The molecule has 0 atom stereocenters. The van der Waals surface area contributed by atoms with Gasteiger partial charge in [0.05, 0.1) is 0 Å². The van der Waals surface area contributed by atoms with E-state index in [4.69, 9.17) is 5.73 Å². The molecular weight excluding hydrogens is 210 g/mol. The van der Waals surface area contributed by atoms with E-state index < -0.39 is 0 Å². The molecule has 0 heterocycles. The van der Waals surface area contributed by atoms with Gasteiger partial charge in [-0.1, -0.05) is 37.6 Å². The number of nitrogens with two attached hydrogens (primary N) is 1. The molecule has 2 N–H and O–H groups in total. The fraction of sp³-hybridized carbons (Fsp3) is 0.533. The maximum Gasteiger partial charge on any atom is 0.162 e. The molecule has 1 rings (SSSR count). The molecule has 0 fully saturated rings. The summed E-state index contributed by atoms with van der Waals surface area (Å²) in [7, 11) is 0. The van der Waals surface area contributed by atoms with Crippen LogP contribution in [-0.2, 0) is 0 Å². The van der Waals surface area contributed by atoms with Crippen molar-refractivity contribution in [2.75, 3.05) is 6.54 Å². The van der Waals surface area contributed by atoms with Crippen LogP contribution < -0.4 is 5.73 Å². The van der Waals surface area contributed by atoms with Crippen molar-refractivity contribution in [1.29, 1.82) is 0 Å². The van der Waals surface area contributed by atoms with Crippen LogP contribution in [0.2, 0.25) is 0 Å². The molecule has 0 saturated carbocycles. The molecule has 0 spiro atoms. The second-order valence-corrected chi connectivity index (χ2v) is 5.50. The van der Waals surface area contributed by atoms with Crippen LogP contribution in [0.4, 0.5) is 0 Å². The average Bonchev–Trinajstić information content (AvgIpc) is 2.26. The highest BCUT2D eigenvalue weighted by Crippen LogP contribution is 2.26. The van der Waals surface area contributed by atoms with E-state index in [2.05, 4.69) is 13.8 Å². The zero-order valence-electron chi connectivity index (χ0n) is 11.1. The summed E-state index contributed by atoms with van der Waals surface area (Å²) in [5.74, 6) is 0.235. The van der Waals surface area contributed by atoms with Crippen molar-refractivity contribution < 1.29 is 4.79 Å². The molecule has 17 heavy (non-hydrogen) atoms. The van der Waals surface area contributed by atoms with Gasteiger partial charge >= 0.3 is 0 Å². The maximum atomic E-state index is 12.0. The third kappa shape index (κ3) is 4.70. The first-order valence-electron chi connectivity index (χ1n) is 6.24. The van der Waals surface area contributed by atoms with Gasteiger partial charge in [0.25, 0.3) is 0 Å².